The average molecular weight is 215 g/mol. The Kier molecular flexibility index (Phi) is 5.67. The summed E-state index contributed by atoms with van der Waals surface area (Å²) in [6, 6.07) is 9.25. The van der Waals surface area contributed by atoms with Gasteiger partial charge in [0.1, 0.15) is 0 Å². The fourth-order valence-corrected chi connectivity index (χ4v) is 1.84. The summed E-state index contributed by atoms with van der Waals surface area (Å²) in [6.07, 6.45) is 3.18. The molecule has 0 fully saturated rings. The summed E-state index contributed by atoms with van der Waals surface area (Å²) in [7, 11) is 2.03. The van der Waals surface area contributed by atoms with Crippen molar-refractivity contribution in [2.24, 2.45) is 0 Å². The molecule has 0 spiro atoms. The van der Waals surface area contributed by atoms with E-state index < -0.39 is 0 Å². The highest BCUT2D eigenvalue weighted by atomic mass is 14.9. The van der Waals surface area contributed by atoms with Gasteiger partial charge in [0, 0.05) is 12.5 Å². The molecular weight excluding hydrogens is 194 g/mol. The van der Waals surface area contributed by atoms with Gasteiger partial charge in [-0.15, -0.1) is 11.8 Å². The van der Waals surface area contributed by atoms with Crippen molar-refractivity contribution in [2.45, 2.75) is 39.2 Å². The van der Waals surface area contributed by atoms with Crippen molar-refractivity contribution >= 4 is 0 Å². The molecule has 0 saturated carbocycles. The maximum Gasteiger partial charge on any atom is 0.0113 e. The van der Waals surface area contributed by atoms with E-state index >= 15 is 0 Å². The summed E-state index contributed by atoms with van der Waals surface area (Å²) in [5, 5.41) is 3.36. The lowest BCUT2D eigenvalue weighted by molar-refractivity contribution is 0.527. The highest BCUT2D eigenvalue weighted by Crippen LogP contribution is 2.09. The maximum atomic E-state index is 3.36. The van der Waals surface area contributed by atoms with Gasteiger partial charge in [0.05, 0.1) is 0 Å². The third-order valence-corrected chi connectivity index (χ3v) is 2.77. The topological polar surface area (TPSA) is 12.0 Å². The lowest BCUT2D eigenvalue weighted by Crippen LogP contribution is -2.27. The number of rotatable bonds is 5. The summed E-state index contributed by atoms with van der Waals surface area (Å²) in [4.78, 5) is 0. The van der Waals surface area contributed by atoms with Crippen LogP contribution in [-0.2, 0) is 6.42 Å². The van der Waals surface area contributed by atoms with Crippen LogP contribution in [0.3, 0.4) is 0 Å². The van der Waals surface area contributed by atoms with Crippen LogP contribution in [0, 0.1) is 18.8 Å². The second-order valence-electron chi connectivity index (χ2n) is 4.14. The van der Waals surface area contributed by atoms with Crippen molar-refractivity contribution in [3.05, 3.63) is 35.4 Å². The molecule has 1 heteroatoms. The number of likely N-dealkylation sites (N-methyl/N-ethyl adjacent to an activating group) is 1. The van der Waals surface area contributed by atoms with Crippen LogP contribution in [0.1, 0.15) is 30.9 Å². The van der Waals surface area contributed by atoms with Gasteiger partial charge in [-0.2, -0.15) is 0 Å². The van der Waals surface area contributed by atoms with Gasteiger partial charge in [0.25, 0.3) is 0 Å². The Morgan fingerprint density at radius 1 is 1.38 bits per heavy atom. The second-order valence-corrected chi connectivity index (χ2v) is 4.14. The first-order valence-corrected chi connectivity index (χ1v) is 5.88. The van der Waals surface area contributed by atoms with Crippen LogP contribution in [0.2, 0.25) is 0 Å². The molecule has 16 heavy (non-hydrogen) atoms. The first-order valence-electron chi connectivity index (χ1n) is 5.88. The summed E-state index contributed by atoms with van der Waals surface area (Å²) in [6.45, 7) is 4.04. The van der Waals surface area contributed by atoms with E-state index in [4.69, 9.17) is 0 Å². The van der Waals surface area contributed by atoms with Crippen LogP contribution in [-0.4, -0.2) is 13.1 Å². The maximum absolute atomic E-state index is 3.36. The minimum Gasteiger partial charge on any atom is -0.317 e. The van der Waals surface area contributed by atoms with Crippen LogP contribution < -0.4 is 5.32 Å². The molecule has 0 saturated heterocycles. The molecule has 1 nitrogen and oxygen atoms in total. The van der Waals surface area contributed by atoms with Gasteiger partial charge in [0.2, 0.25) is 0 Å². The zero-order valence-corrected chi connectivity index (χ0v) is 10.5. The predicted molar refractivity (Wildman–Crippen MR) is 70.4 cm³/mol. The number of nitrogens with one attached hydrogen (secondary N) is 1. The molecule has 1 atom stereocenters. The number of hydrogen-bond acceptors (Lipinski definition) is 1. The normalized spacial score (nSPS) is 11.7. The molecule has 0 radical (unpaired) electrons. The highest BCUT2D eigenvalue weighted by molar-refractivity contribution is 5.23. The van der Waals surface area contributed by atoms with Crippen LogP contribution in [0.25, 0.3) is 0 Å². The molecule has 0 bridgehead atoms. The molecule has 0 aromatic heterocycles. The zero-order chi connectivity index (χ0) is 11.8. The van der Waals surface area contributed by atoms with Crippen LogP contribution >= 0.6 is 0 Å². The van der Waals surface area contributed by atoms with Gasteiger partial charge in [-0.3, -0.25) is 0 Å². The first kappa shape index (κ1) is 12.8. The largest absolute Gasteiger partial charge is 0.317 e. The Hall–Kier alpha value is -1.26. The summed E-state index contributed by atoms with van der Waals surface area (Å²) in [5.41, 5.74) is 2.74. The molecule has 0 amide bonds. The number of aryl methyl sites for hydroxylation is 1. The van der Waals surface area contributed by atoms with Gasteiger partial charge in [-0.05, 0) is 39.3 Å². The Morgan fingerprint density at radius 2 is 2.19 bits per heavy atom. The number of benzene rings is 1. The summed E-state index contributed by atoms with van der Waals surface area (Å²) < 4.78 is 0. The van der Waals surface area contributed by atoms with Crippen molar-refractivity contribution in [1.82, 2.24) is 5.32 Å². The van der Waals surface area contributed by atoms with Crippen LogP contribution in [0.5, 0.6) is 0 Å². The van der Waals surface area contributed by atoms with Crippen LogP contribution in [0.4, 0.5) is 0 Å². The van der Waals surface area contributed by atoms with Gasteiger partial charge in [0.15, 0.2) is 0 Å². The van der Waals surface area contributed by atoms with E-state index in [1.165, 1.54) is 11.1 Å². The molecular formula is C15H21N. The van der Waals surface area contributed by atoms with Crippen molar-refractivity contribution in [1.29, 1.82) is 0 Å². The van der Waals surface area contributed by atoms with Crippen molar-refractivity contribution in [3.8, 4) is 11.8 Å². The number of hydrogen-bond donors (Lipinski definition) is 1. The van der Waals surface area contributed by atoms with E-state index in [0.29, 0.717) is 6.04 Å². The van der Waals surface area contributed by atoms with Gasteiger partial charge >= 0.3 is 0 Å². The summed E-state index contributed by atoms with van der Waals surface area (Å²) in [5.74, 6) is 6.06. The lowest BCUT2D eigenvalue weighted by atomic mass is 10.0. The minimum atomic E-state index is 0.530. The first-order chi connectivity index (χ1) is 7.76. The van der Waals surface area contributed by atoms with E-state index in [9.17, 15) is 0 Å². The van der Waals surface area contributed by atoms with E-state index in [0.717, 1.165) is 19.3 Å². The third kappa shape index (κ3) is 4.51. The minimum absolute atomic E-state index is 0.530. The van der Waals surface area contributed by atoms with E-state index in [2.05, 4.69) is 48.3 Å². The Labute approximate surface area is 99.3 Å². The Balaban J connectivity index is 2.51. The van der Waals surface area contributed by atoms with Gasteiger partial charge < -0.3 is 5.32 Å². The van der Waals surface area contributed by atoms with Gasteiger partial charge in [-0.25, -0.2) is 0 Å². The monoisotopic (exact) mass is 215 g/mol. The molecule has 0 aliphatic rings. The van der Waals surface area contributed by atoms with Crippen molar-refractivity contribution in [3.63, 3.8) is 0 Å². The molecule has 1 unspecified atom stereocenters. The second kappa shape index (κ2) is 7.09. The SMILES string of the molecule is CC#CCCC(Cc1cccc(C)c1)NC. The quantitative estimate of drug-likeness (QED) is 0.745. The third-order valence-electron chi connectivity index (χ3n) is 2.77. The van der Waals surface area contributed by atoms with Crippen molar-refractivity contribution in [2.75, 3.05) is 7.05 Å². The van der Waals surface area contributed by atoms with E-state index in [1.807, 2.05) is 14.0 Å². The molecule has 1 aromatic carbocycles. The average Bonchev–Trinajstić information content (AvgIpc) is 2.28. The summed E-state index contributed by atoms with van der Waals surface area (Å²) >= 11 is 0. The molecule has 0 heterocycles. The van der Waals surface area contributed by atoms with Gasteiger partial charge in [-0.1, -0.05) is 29.8 Å². The molecule has 1 rings (SSSR count). The molecule has 1 aromatic rings. The smallest absolute Gasteiger partial charge is 0.0113 e. The Bertz CT molecular complexity index is 371. The fourth-order valence-electron chi connectivity index (χ4n) is 1.84. The zero-order valence-electron chi connectivity index (χ0n) is 10.5. The van der Waals surface area contributed by atoms with Crippen LogP contribution in [0.15, 0.2) is 24.3 Å². The van der Waals surface area contributed by atoms with E-state index in [-0.39, 0.29) is 0 Å². The van der Waals surface area contributed by atoms with Crippen molar-refractivity contribution < 1.29 is 0 Å². The Morgan fingerprint density at radius 3 is 2.81 bits per heavy atom. The molecule has 86 valence electrons. The molecule has 1 N–H and O–H groups in total. The fraction of sp³-hybridized carbons (Fsp3) is 0.467. The van der Waals surface area contributed by atoms with E-state index in [1.54, 1.807) is 0 Å². The highest BCUT2D eigenvalue weighted by Gasteiger charge is 2.06. The standard InChI is InChI=1S/C15H21N/c1-4-5-6-10-15(16-3)12-14-9-7-8-13(2)11-14/h7-9,11,15-16H,6,10,12H2,1-3H3. The molecule has 0 aliphatic heterocycles. The predicted octanol–water partition coefficient (Wildman–Crippen LogP) is 2.93. The molecule has 0 aliphatic carbocycles. The lowest BCUT2D eigenvalue weighted by Gasteiger charge is -2.15.